The number of sulfonamides is 1. The molecule has 0 radical (unpaired) electrons. The molecule has 46 heavy (non-hydrogen) atoms. The van der Waals surface area contributed by atoms with Crippen LogP contribution in [0.15, 0.2) is 46.4 Å². The SMILES string of the molecule is CC1(C(=O)O)CC(C(=O)O)=NN1c1ccc(Cl)cc1Cl.COc1nc(C)nc(NC(=O)NS(=O)(=O)c2cc(I)ccc2C(=O)O)n1. The Morgan fingerprint density at radius 3 is 2.26 bits per heavy atom. The number of urea groups is 1. The van der Waals surface area contributed by atoms with Gasteiger partial charge in [-0.1, -0.05) is 23.2 Å². The van der Waals surface area contributed by atoms with E-state index in [1.165, 1.54) is 45.2 Å². The van der Waals surface area contributed by atoms with Gasteiger partial charge in [0, 0.05) is 15.0 Å². The Balaban J connectivity index is 0.000000259. The molecule has 1 aliphatic heterocycles. The second-order valence-electron chi connectivity index (χ2n) is 9.21. The van der Waals surface area contributed by atoms with Gasteiger partial charge < -0.3 is 20.1 Å². The number of hydrogen-bond donors (Lipinski definition) is 5. The predicted octanol–water partition coefficient (Wildman–Crippen LogP) is 3.49. The van der Waals surface area contributed by atoms with Crippen LogP contribution in [0.1, 0.15) is 29.5 Å². The number of aliphatic carboxylic acids is 2. The fourth-order valence-electron chi connectivity index (χ4n) is 3.73. The standard InChI is InChI=1S/C13H12IN5O6S.C12H10Cl2N2O4/c1-6-15-11(18-13(16-6)25-2)17-12(22)19-26(23,24)9-5-7(14)3-4-8(9)10(20)21;1-12(11(19)20)5-8(10(17)18)15-16(12)9-3-2-6(13)4-7(9)14/h3-5H,1-2H3,(H,20,21)(H2,15,16,17,18,19,22);2-4H,5H2,1H3,(H,17,18)(H,19,20). The summed E-state index contributed by atoms with van der Waals surface area (Å²) < 4.78 is 31.8. The largest absolute Gasteiger partial charge is 0.479 e. The lowest BCUT2D eigenvalue weighted by Crippen LogP contribution is -2.47. The van der Waals surface area contributed by atoms with Gasteiger partial charge in [0.2, 0.25) is 5.95 Å². The van der Waals surface area contributed by atoms with E-state index in [4.69, 9.17) is 38.2 Å². The van der Waals surface area contributed by atoms with Gasteiger partial charge in [-0.3, -0.25) is 5.32 Å². The molecule has 2 amide bonds. The van der Waals surface area contributed by atoms with Crippen LogP contribution >= 0.6 is 45.8 Å². The fraction of sp³-hybridized carbons (Fsp3) is 0.200. The first-order chi connectivity index (χ1) is 21.4. The lowest BCUT2D eigenvalue weighted by atomic mass is 9.95. The number of methoxy groups -OCH3 is 1. The summed E-state index contributed by atoms with van der Waals surface area (Å²) in [5.41, 5.74) is -1.92. The number of ether oxygens (including phenoxy) is 1. The van der Waals surface area contributed by atoms with E-state index in [0.29, 0.717) is 8.59 Å². The number of hydrogen-bond acceptors (Lipinski definition) is 12. The first kappa shape index (κ1) is 36.1. The number of carbonyl (C=O) groups is 4. The third-order valence-corrected chi connectivity index (χ3v) is 8.45. The number of nitrogens with zero attached hydrogens (tertiary/aromatic N) is 5. The number of aryl methyl sites for hydroxylation is 1. The van der Waals surface area contributed by atoms with E-state index in [9.17, 15) is 32.7 Å². The number of carboxylic acid groups (broad SMARTS) is 3. The molecule has 244 valence electrons. The van der Waals surface area contributed by atoms with E-state index >= 15 is 0 Å². The van der Waals surface area contributed by atoms with Gasteiger partial charge in [0.05, 0.1) is 23.4 Å². The average molecular weight is 810 g/mol. The van der Waals surface area contributed by atoms with Crippen molar-refractivity contribution in [2.75, 3.05) is 17.4 Å². The van der Waals surface area contributed by atoms with Crippen LogP contribution < -0.4 is 19.8 Å². The smallest absolute Gasteiger partial charge is 0.352 e. The molecule has 4 rings (SSSR count). The Kier molecular flexibility index (Phi) is 11.3. The first-order valence-corrected chi connectivity index (χ1v) is 15.6. The van der Waals surface area contributed by atoms with E-state index in [2.05, 4.69) is 25.4 Å². The van der Waals surface area contributed by atoms with Gasteiger partial charge in [0.25, 0.3) is 10.0 Å². The van der Waals surface area contributed by atoms with Crippen LogP contribution in [0.2, 0.25) is 10.0 Å². The number of halogens is 3. The maximum Gasteiger partial charge on any atom is 0.352 e. The van der Waals surface area contributed by atoms with Crippen LogP contribution in [0.25, 0.3) is 0 Å². The molecular weight excluding hydrogens is 788 g/mol. The van der Waals surface area contributed by atoms with Crippen LogP contribution in [-0.2, 0) is 19.6 Å². The highest BCUT2D eigenvalue weighted by atomic mass is 127. The molecule has 0 bridgehead atoms. The summed E-state index contributed by atoms with van der Waals surface area (Å²) in [4.78, 5) is 56.6. The third-order valence-electron chi connectivity index (χ3n) is 5.87. The molecule has 0 spiro atoms. The van der Waals surface area contributed by atoms with Crippen LogP contribution in [0.5, 0.6) is 6.01 Å². The van der Waals surface area contributed by atoms with E-state index in [1.807, 2.05) is 22.6 Å². The maximum absolute atomic E-state index is 12.4. The van der Waals surface area contributed by atoms with Crippen LogP contribution in [-0.4, -0.2) is 81.0 Å². The number of aromatic carboxylic acids is 1. The Bertz CT molecular complexity index is 1880. The molecule has 3 aromatic rings. The lowest BCUT2D eigenvalue weighted by Gasteiger charge is -2.30. The molecule has 0 aliphatic carbocycles. The molecular formula is C25H22Cl2IN7O10S. The maximum atomic E-state index is 12.4. The van der Waals surface area contributed by atoms with Crippen molar-refractivity contribution in [3.8, 4) is 6.01 Å². The number of rotatable bonds is 8. The molecule has 1 atom stereocenters. The molecule has 0 fully saturated rings. The van der Waals surface area contributed by atoms with E-state index < -0.39 is 50.0 Å². The summed E-state index contributed by atoms with van der Waals surface area (Å²) >= 11 is 13.6. The summed E-state index contributed by atoms with van der Waals surface area (Å²) in [7, 11) is -3.14. The van der Waals surface area contributed by atoms with Crippen LogP contribution in [0.3, 0.4) is 0 Å². The quantitative estimate of drug-likeness (QED) is 0.205. The van der Waals surface area contributed by atoms with Crippen molar-refractivity contribution in [1.29, 1.82) is 0 Å². The predicted molar refractivity (Wildman–Crippen MR) is 171 cm³/mol. The number of carbonyl (C=O) groups excluding carboxylic acids is 1. The van der Waals surface area contributed by atoms with Gasteiger partial charge in [-0.2, -0.15) is 20.1 Å². The molecule has 1 aliphatic rings. The minimum atomic E-state index is -4.45. The fourth-order valence-corrected chi connectivity index (χ4v) is 6.05. The van der Waals surface area contributed by atoms with Gasteiger partial charge in [0.1, 0.15) is 16.4 Å². The van der Waals surface area contributed by atoms with Crippen molar-refractivity contribution in [2.24, 2.45) is 5.10 Å². The monoisotopic (exact) mass is 809 g/mol. The summed E-state index contributed by atoms with van der Waals surface area (Å²) in [6, 6.07) is 6.93. The van der Waals surface area contributed by atoms with Crippen LogP contribution in [0, 0.1) is 10.5 Å². The van der Waals surface area contributed by atoms with Crippen molar-refractivity contribution in [2.45, 2.75) is 30.7 Å². The summed E-state index contributed by atoms with van der Waals surface area (Å²) in [6.07, 6.45) is -0.226. The van der Waals surface area contributed by atoms with Crippen molar-refractivity contribution >= 4 is 97.1 Å². The highest BCUT2D eigenvalue weighted by Gasteiger charge is 2.48. The molecule has 1 aromatic heterocycles. The second-order valence-corrected chi connectivity index (χ2v) is 13.0. The topological polar surface area (TPSA) is 251 Å². The minimum absolute atomic E-state index is 0.0681. The van der Waals surface area contributed by atoms with Crippen molar-refractivity contribution in [3.63, 3.8) is 0 Å². The zero-order valence-electron chi connectivity index (χ0n) is 23.6. The third kappa shape index (κ3) is 8.47. The number of hydrazone groups is 1. The second kappa shape index (κ2) is 14.4. The molecule has 0 saturated carbocycles. The van der Waals surface area contributed by atoms with Crippen molar-refractivity contribution < 1.29 is 47.7 Å². The van der Waals surface area contributed by atoms with E-state index in [0.717, 1.165) is 17.1 Å². The first-order valence-electron chi connectivity index (χ1n) is 12.3. The number of nitrogens with one attached hydrogen (secondary N) is 2. The van der Waals surface area contributed by atoms with Crippen LogP contribution in [0.4, 0.5) is 16.4 Å². The Hall–Kier alpha value is -4.34. The summed E-state index contributed by atoms with van der Waals surface area (Å²) in [5, 5.41) is 35.2. The Morgan fingerprint density at radius 2 is 1.70 bits per heavy atom. The number of aromatic nitrogens is 3. The van der Waals surface area contributed by atoms with Crippen molar-refractivity contribution in [1.82, 2.24) is 19.7 Å². The number of benzene rings is 2. The summed E-state index contributed by atoms with van der Waals surface area (Å²) in [5.74, 6) is -3.89. The number of amides is 2. The Labute approximate surface area is 283 Å². The zero-order valence-corrected chi connectivity index (χ0v) is 28.1. The van der Waals surface area contributed by atoms with Crippen molar-refractivity contribution in [3.05, 3.63) is 61.4 Å². The number of carboxylic acids is 3. The van der Waals surface area contributed by atoms with Gasteiger partial charge in [0.15, 0.2) is 5.54 Å². The minimum Gasteiger partial charge on any atom is -0.479 e. The zero-order chi connectivity index (χ0) is 34.6. The van der Waals surface area contributed by atoms with Gasteiger partial charge in [-0.15, -0.1) is 0 Å². The summed E-state index contributed by atoms with van der Waals surface area (Å²) in [6.45, 7) is 2.91. The lowest BCUT2D eigenvalue weighted by molar-refractivity contribution is -0.142. The van der Waals surface area contributed by atoms with Gasteiger partial charge >= 0.3 is 29.9 Å². The normalized spacial score (nSPS) is 15.6. The molecule has 0 saturated heterocycles. The molecule has 1 unspecified atom stereocenters. The molecule has 17 nitrogen and oxygen atoms in total. The van der Waals surface area contributed by atoms with Gasteiger partial charge in [-0.05, 0) is 72.8 Å². The van der Waals surface area contributed by atoms with Gasteiger partial charge in [-0.25, -0.2) is 37.3 Å². The van der Waals surface area contributed by atoms with E-state index in [-0.39, 0.29) is 40.6 Å². The average Bonchev–Trinajstić information content (AvgIpc) is 3.31. The molecule has 5 N–H and O–H groups in total. The number of anilines is 2. The Morgan fingerprint density at radius 1 is 1.02 bits per heavy atom. The highest BCUT2D eigenvalue weighted by Crippen LogP contribution is 2.38. The molecule has 2 aromatic carbocycles. The molecule has 21 heteroatoms. The molecule has 2 heterocycles. The highest BCUT2D eigenvalue weighted by molar-refractivity contribution is 14.1. The van der Waals surface area contributed by atoms with E-state index in [1.54, 1.807) is 4.72 Å².